The van der Waals surface area contributed by atoms with Crippen molar-refractivity contribution in [3.63, 3.8) is 0 Å². The van der Waals surface area contributed by atoms with Crippen LogP contribution >= 0.6 is 0 Å². The number of anilines is 1. The van der Waals surface area contributed by atoms with Crippen LogP contribution in [0.2, 0.25) is 0 Å². The zero-order chi connectivity index (χ0) is 16.3. The van der Waals surface area contributed by atoms with Crippen molar-refractivity contribution >= 4 is 17.4 Å². The first-order valence-electron chi connectivity index (χ1n) is 6.66. The second kappa shape index (κ2) is 6.35. The molecule has 0 spiro atoms. The molecule has 1 aromatic carbocycles. The van der Waals surface area contributed by atoms with E-state index in [1.54, 1.807) is 6.07 Å². The van der Waals surface area contributed by atoms with Crippen LogP contribution in [0.25, 0.3) is 0 Å². The van der Waals surface area contributed by atoms with Gasteiger partial charge in [-0.1, -0.05) is 0 Å². The van der Waals surface area contributed by atoms with Gasteiger partial charge in [0, 0.05) is 19.0 Å². The molecule has 1 aliphatic heterocycles. The fourth-order valence-electron chi connectivity index (χ4n) is 2.45. The van der Waals surface area contributed by atoms with Crippen LogP contribution in [0, 0.1) is 11.3 Å². The Balaban J connectivity index is 2.56. The Bertz CT molecular complexity index is 663. The number of benzene rings is 1. The van der Waals surface area contributed by atoms with Gasteiger partial charge in [0.25, 0.3) is 11.7 Å². The van der Waals surface area contributed by atoms with Crippen LogP contribution in [0.15, 0.2) is 6.07 Å². The van der Waals surface area contributed by atoms with Crippen LogP contribution in [0.5, 0.6) is 17.2 Å². The number of amides is 1. The molecule has 116 valence electrons. The molecule has 1 heterocycles. The van der Waals surface area contributed by atoms with E-state index in [0.717, 1.165) is 0 Å². The molecular weight excluding hydrogens is 288 g/mol. The second-order valence-electron chi connectivity index (χ2n) is 4.59. The summed E-state index contributed by atoms with van der Waals surface area (Å²) in [5.41, 5.74) is 0.588. The largest absolute Gasteiger partial charge is 0.493 e. The maximum Gasteiger partial charge on any atom is 0.299 e. The van der Waals surface area contributed by atoms with Crippen LogP contribution in [0.4, 0.5) is 5.69 Å². The first-order valence-corrected chi connectivity index (χ1v) is 6.66. The minimum atomic E-state index is -0.648. The van der Waals surface area contributed by atoms with Gasteiger partial charge < -0.3 is 19.1 Å². The van der Waals surface area contributed by atoms with Crippen molar-refractivity contribution in [3.8, 4) is 23.3 Å². The molecule has 1 aliphatic rings. The third kappa shape index (κ3) is 2.33. The normalized spacial score (nSPS) is 12.9. The van der Waals surface area contributed by atoms with Crippen molar-refractivity contribution in [2.24, 2.45) is 0 Å². The van der Waals surface area contributed by atoms with Crippen molar-refractivity contribution in [2.45, 2.75) is 12.8 Å². The molecule has 0 aliphatic carbocycles. The third-order valence-electron chi connectivity index (χ3n) is 3.44. The predicted molar refractivity (Wildman–Crippen MR) is 77.6 cm³/mol. The molecule has 7 heteroatoms. The zero-order valence-electron chi connectivity index (χ0n) is 12.6. The molecule has 0 saturated carbocycles. The van der Waals surface area contributed by atoms with E-state index in [-0.39, 0.29) is 23.6 Å². The number of methoxy groups -OCH3 is 3. The summed E-state index contributed by atoms with van der Waals surface area (Å²) in [5.74, 6) is -0.473. The number of carbonyl (C=O) groups excluding carboxylic acids is 2. The predicted octanol–water partition coefficient (Wildman–Crippen LogP) is 1.55. The Kier molecular flexibility index (Phi) is 4.51. The fraction of sp³-hybridized carbons (Fsp3) is 0.400. The van der Waals surface area contributed by atoms with Gasteiger partial charge in [0.2, 0.25) is 5.75 Å². The number of ketones is 1. The van der Waals surface area contributed by atoms with E-state index in [0.29, 0.717) is 24.3 Å². The molecule has 1 amide bonds. The topological polar surface area (TPSA) is 88.9 Å². The minimum absolute atomic E-state index is 0.169. The second-order valence-corrected chi connectivity index (χ2v) is 4.59. The van der Waals surface area contributed by atoms with E-state index in [1.165, 1.54) is 26.2 Å². The Morgan fingerprint density at radius 2 is 1.82 bits per heavy atom. The van der Waals surface area contributed by atoms with Gasteiger partial charge in [-0.25, -0.2) is 0 Å². The Labute approximate surface area is 128 Å². The quantitative estimate of drug-likeness (QED) is 0.585. The first-order chi connectivity index (χ1) is 10.6. The van der Waals surface area contributed by atoms with Crippen molar-refractivity contribution < 1.29 is 23.8 Å². The highest BCUT2D eigenvalue weighted by molar-refractivity contribution is 6.53. The van der Waals surface area contributed by atoms with Crippen molar-refractivity contribution in [1.82, 2.24) is 0 Å². The average Bonchev–Trinajstić information content (AvgIpc) is 2.77. The van der Waals surface area contributed by atoms with E-state index >= 15 is 0 Å². The maximum absolute atomic E-state index is 12.3. The Hall–Kier alpha value is -2.75. The molecule has 1 aromatic rings. The lowest BCUT2D eigenvalue weighted by molar-refractivity contribution is -0.114. The molecule has 2 rings (SSSR count). The molecule has 0 fully saturated rings. The monoisotopic (exact) mass is 304 g/mol. The molecule has 0 aromatic heterocycles. The van der Waals surface area contributed by atoms with Crippen LogP contribution < -0.4 is 19.1 Å². The number of rotatable bonds is 6. The molecule has 0 saturated heterocycles. The lowest BCUT2D eigenvalue weighted by Gasteiger charge is -2.19. The van der Waals surface area contributed by atoms with Gasteiger partial charge in [0.1, 0.15) is 0 Å². The summed E-state index contributed by atoms with van der Waals surface area (Å²) in [5, 5.41) is 8.61. The van der Waals surface area contributed by atoms with Crippen LogP contribution in [0.3, 0.4) is 0 Å². The molecular formula is C15H16N2O5. The number of fused-ring (bicyclic) bond motifs is 1. The number of Topliss-reactive ketones (excluding diaryl/α,β-unsaturated/α-hetero) is 1. The summed E-state index contributed by atoms with van der Waals surface area (Å²) in [6, 6.07) is 3.59. The highest BCUT2D eigenvalue weighted by Crippen LogP contribution is 2.47. The van der Waals surface area contributed by atoms with E-state index in [4.69, 9.17) is 19.5 Å². The lowest BCUT2D eigenvalue weighted by atomic mass is 10.1. The minimum Gasteiger partial charge on any atom is -0.493 e. The zero-order valence-corrected chi connectivity index (χ0v) is 12.6. The highest BCUT2D eigenvalue weighted by Gasteiger charge is 2.40. The SMILES string of the molecule is COc1cc2c(c(OC)c1OC)C(=O)C(=O)N2CCCC#N. The Morgan fingerprint density at radius 1 is 1.14 bits per heavy atom. The van der Waals surface area contributed by atoms with Gasteiger partial charge in [0.15, 0.2) is 11.5 Å². The summed E-state index contributed by atoms with van der Waals surface area (Å²) in [7, 11) is 4.29. The van der Waals surface area contributed by atoms with Gasteiger partial charge in [0.05, 0.1) is 38.6 Å². The molecule has 0 bridgehead atoms. The van der Waals surface area contributed by atoms with Crippen molar-refractivity contribution in [3.05, 3.63) is 11.6 Å². The number of nitriles is 1. The van der Waals surface area contributed by atoms with Crippen molar-refractivity contribution in [2.75, 3.05) is 32.8 Å². The standard InChI is InChI=1S/C15H16N2O5/c1-20-10-8-9-11(14(22-3)13(10)21-2)12(18)15(19)17(9)7-5-4-6-16/h8H,4-5,7H2,1-3H3. The number of hydrogen-bond acceptors (Lipinski definition) is 6. The molecule has 7 nitrogen and oxygen atoms in total. The Morgan fingerprint density at radius 3 is 2.36 bits per heavy atom. The molecule has 0 N–H and O–H groups in total. The van der Waals surface area contributed by atoms with E-state index in [2.05, 4.69) is 0 Å². The smallest absolute Gasteiger partial charge is 0.299 e. The molecule has 0 atom stereocenters. The number of carbonyl (C=O) groups is 2. The summed E-state index contributed by atoms with van der Waals surface area (Å²) < 4.78 is 15.7. The van der Waals surface area contributed by atoms with E-state index in [9.17, 15) is 9.59 Å². The summed E-state index contributed by atoms with van der Waals surface area (Å²) >= 11 is 0. The molecule has 22 heavy (non-hydrogen) atoms. The summed E-state index contributed by atoms with van der Waals surface area (Å²) in [4.78, 5) is 25.8. The fourth-order valence-corrected chi connectivity index (χ4v) is 2.45. The first kappa shape index (κ1) is 15.6. The number of nitrogens with zero attached hydrogens (tertiary/aromatic N) is 2. The van der Waals surface area contributed by atoms with E-state index in [1.807, 2.05) is 6.07 Å². The van der Waals surface area contributed by atoms with Crippen LogP contribution in [0.1, 0.15) is 23.2 Å². The summed E-state index contributed by atoms with van der Waals surface area (Å²) in [6.07, 6.45) is 0.781. The number of ether oxygens (including phenoxy) is 3. The molecule has 0 radical (unpaired) electrons. The van der Waals surface area contributed by atoms with Gasteiger partial charge in [-0.2, -0.15) is 5.26 Å². The highest BCUT2D eigenvalue weighted by atomic mass is 16.5. The average molecular weight is 304 g/mol. The van der Waals surface area contributed by atoms with Gasteiger partial charge >= 0.3 is 0 Å². The lowest BCUT2D eigenvalue weighted by Crippen LogP contribution is -2.30. The maximum atomic E-state index is 12.3. The number of hydrogen-bond donors (Lipinski definition) is 0. The van der Waals surface area contributed by atoms with Crippen LogP contribution in [-0.2, 0) is 4.79 Å². The number of unbranched alkanes of at least 4 members (excludes halogenated alkanes) is 1. The van der Waals surface area contributed by atoms with E-state index < -0.39 is 11.7 Å². The summed E-state index contributed by atoms with van der Waals surface area (Å²) in [6.45, 7) is 0.282. The third-order valence-corrected chi connectivity index (χ3v) is 3.44. The van der Waals surface area contributed by atoms with Crippen molar-refractivity contribution in [1.29, 1.82) is 5.26 Å². The molecule has 0 unspecified atom stereocenters. The van der Waals surface area contributed by atoms with Gasteiger partial charge in [-0.05, 0) is 6.42 Å². The van der Waals surface area contributed by atoms with Crippen LogP contribution in [-0.4, -0.2) is 39.6 Å². The van der Waals surface area contributed by atoms with Gasteiger partial charge in [-0.15, -0.1) is 0 Å². The van der Waals surface area contributed by atoms with Gasteiger partial charge in [-0.3, -0.25) is 9.59 Å².